The van der Waals surface area contributed by atoms with E-state index in [0.717, 1.165) is 43.7 Å². The first kappa shape index (κ1) is 14.2. The average Bonchev–Trinajstić information content (AvgIpc) is 2.92. The van der Waals surface area contributed by atoms with Gasteiger partial charge in [-0.15, -0.1) is 0 Å². The molecular weight excluding hydrogens is 272 g/mol. The van der Waals surface area contributed by atoms with E-state index in [-0.39, 0.29) is 5.41 Å². The minimum atomic E-state index is 0.273. The van der Waals surface area contributed by atoms with Gasteiger partial charge in [-0.05, 0) is 6.42 Å². The molecule has 0 radical (unpaired) electrons. The molecule has 2 heterocycles. The van der Waals surface area contributed by atoms with E-state index in [1.54, 1.807) is 0 Å². The van der Waals surface area contributed by atoms with Crippen molar-refractivity contribution in [2.24, 2.45) is 5.41 Å². The lowest BCUT2D eigenvalue weighted by Gasteiger charge is -2.57. The summed E-state index contributed by atoms with van der Waals surface area (Å²) in [7, 11) is 0. The second-order valence-electron chi connectivity index (χ2n) is 6.29. The lowest BCUT2D eigenvalue weighted by atomic mass is 9.62. The highest BCUT2D eigenvalue weighted by Gasteiger charge is 2.51. The molecule has 0 aromatic carbocycles. The van der Waals surface area contributed by atoms with Gasteiger partial charge < -0.3 is 10.1 Å². The van der Waals surface area contributed by atoms with Gasteiger partial charge in [-0.2, -0.15) is 4.37 Å². The molecule has 20 heavy (non-hydrogen) atoms. The van der Waals surface area contributed by atoms with Crippen LogP contribution in [0.2, 0.25) is 0 Å². The number of nitrogens with one attached hydrogen (secondary N) is 1. The summed E-state index contributed by atoms with van der Waals surface area (Å²) in [6, 6.07) is 1.15. The second-order valence-corrected chi connectivity index (χ2v) is 7.04. The van der Waals surface area contributed by atoms with Crippen molar-refractivity contribution < 1.29 is 4.74 Å². The first-order valence-corrected chi connectivity index (χ1v) is 8.29. The van der Waals surface area contributed by atoms with Crippen molar-refractivity contribution in [2.45, 2.75) is 45.7 Å². The maximum Gasteiger partial charge on any atom is 0.202 e. The lowest BCUT2D eigenvalue weighted by Crippen LogP contribution is -2.65. The molecule has 1 N–H and O–H groups in total. The monoisotopic (exact) mass is 296 g/mol. The molecule has 1 saturated heterocycles. The minimum Gasteiger partial charge on any atom is -0.379 e. The molecule has 1 saturated carbocycles. The molecule has 2 atom stereocenters. The van der Waals surface area contributed by atoms with E-state index in [1.165, 1.54) is 18.0 Å². The van der Waals surface area contributed by atoms with E-state index < -0.39 is 0 Å². The Morgan fingerprint density at radius 3 is 2.75 bits per heavy atom. The predicted molar refractivity (Wildman–Crippen MR) is 81.3 cm³/mol. The average molecular weight is 296 g/mol. The molecule has 1 aromatic heterocycles. The molecule has 2 unspecified atom stereocenters. The summed E-state index contributed by atoms with van der Waals surface area (Å²) < 4.78 is 9.79. The molecule has 1 aliphatic heterocycles. The van der Waals surface area contributed by atoms with Crippen molar-refractivity contribution in [1.82, 2.24) is 14.3 Å². The molecule has 0 amide bonds. The SMILES string of the molecule is CCc1nsc(NC2CC(N3CCOCC3)C2(C)C)n1. The van der Waals surface area contributed by atoms with Crippen LogP contribution in [-0.2, 0) is 11.2 Å². The van der Waals surface area contributed by atoms with Crippen LogP contribution in [0.15, 0.2) is 0 Å². The Bertz CT molecular complexity index is 456. The minimum absolute atomic E-state index is 0.273. The molecule has 0 spiro atoms. The Hall–Kier alpha value is -0.720. The van der Waals surface area contributed by atoms with Crippen LogP contribution < -0.4 is 5.32 Å². The molecule has 1 aromatic rings. The summed E-state index contributed by atoms with van der Waals surface area (Å²) in [5.74, 6) is 0.944. The summed E-state index contributed by atoms with van der Waals surface area (Å²) in [5.41, 5.74) is 0.273. The molecule has 5 nitrogen and oxygen atoms in total. The number of rotatable bonds is 4. The highest BCUT2D eigenvalue weighted by Crippen LogP contribution is 2.45. The van der Waals surface area contributed by atoms with Crippen molar-refractivity contribution in [3.63, 3.8) is 0 Å². The zero-order valence-corrected chi connectivity index (χ0v) is 13.4. The smallest absolute Gasteiger partial charge is 0.202 e. The van der Waals surface area contributed by atoms with Crippen molar-refractivity contribution in [2.75, 3.05) is 31.6 Å². The number of aryl methyl sites for hydroxylation is 1. The number of ether oxygens (including phenoxy) is 1. The number of aromatic nitrogens is 2. The first-order chi connectivity index (χ1) is 9.61. The second kappa shape index (κ2) is 5.58. The Balaban J connectivity index is 1.59. The zero-order chi connectivity index (χ0) is 14.2. The molecule has 112 valence electrons. The van der Waals surface area contributed by atoms with Crippen LogP contribution in [0.3, 0.4) is 0 Å². The van der Waals surface area contributed by atoms with Gasteiger partial charge in [0.2, 0.25) is 5.13 Å². The summed E-state index contributed by atoms with van der Waals surface area (Å²) in [6.07, 6.45) is 2.09. The topological polar surface area (TPSA) is 50.3 Å². The van der Waals surface area contributed by atoms with Crippen LogP contribution in [0, 0.1) is 5.41 Å². The van der Waals surface area contributed by atoms with E-state index in [9.17, 15) is 0 Å². The van der Waals surface area contributed by atoms with Gasteiger partial charge in [0.1, 0.15) is 5.82 Å². The highest BCUT2D eigenvalue weighted by molar-refractivity contribution is 7.09. The van der Waals surface area contributed by atoms with Crippen molar-refractivity contribution >= 4 is 16.7 Å². The fourth-order valence-electron chi connectivity index (χ4n) is 3.26. The summed E-state index contributed by atoms with van der Waals surface area (Å²) in [5, 5.41) is 4.55. The molecular formula is C14H24N4OS. The van der Waals surface area contributed by atoms with E-state index in [0.29, 0.717) is 12.1 Å². The van der Waals surface area contributed by atoms with Crippen molar-refractivity contribution in [3.8, 4) is 0 Å². The Kier molecular flexibility index (Phi) is 3.97. The van der Waals surface area contributed by atoms with E-state index >= 15 is 0 Å². The van der Waals surface area contributed by atoms with Gasteiger partial charge in [0.15, 0.2) is 0 Å². The van der Waals surface area contributed by atoms with Crippen LogP contribution in [0.5, 0.6) is 0 Å². The molecule has 2 fully saturated rings. The zero-order valence-electron chi connectivity index (χ0n) is 12.6. The third-order valence-electron chi connectivity index (χ3n) is 4.78. The van der Waals surface area contributed by atoms with Gasteiger partial charge in [-0.25, -0.2) is 4.98 Å². The number of hydrogen-bond acceptors (Lipinski definition) is 6. The number of nitrogens with zero attached hydrogens (tertiary/aromatic N) is 3. The Labute approximate surface area is 124 Å². The summed E-state index contributed by atoms with van der Waals surface area (Å²) in [4.78, 5) is 7.10. The molecule has 3 rings (SSSR count). The fourth-order valence-corrected chi connectivity index (χ4v) is 3.96. The van der Waals surface area contributed by atoms with Gasteiger partial charge in [0.05, 0.1) is 13.2 Å². The van der Waals surface area contributed by atoms with Crippen molar-refractivity contribution in [1.29, 1.82) is 0 Å². The standard InChI is InChI=1S/C14H24N4OS/c1-4-12-16-13(20-17-12)15-10-9-11(14(10,2)3)18-5-7-19-8-6-18/h10-11H,4-9H2,1-3H3,(H,15,16,17). The van der Waals surface area contributed by atoms with Crippen LogP contribution in [0.1, 0.15) is 33.0 Å². The number of anilines is 1. The fraction of sp³-hybridized carbons (Fsp3) is 0.857. The van der Waals surface area contributed by atoms with Gasteiger partial charge in [0.25, 0.3) is 0 Å². The summed E-state index contributed by atoms with van der Waals surface area (Å²) in [6.45, 7) is 10.7. The van der Waals surface area contributed by atoms with Crippen LogP contribution in [-0.4, -0.2) is 52.6 Å². The number of hydrogen-bond donors (Lipinski definition) is 1. The van der Waals surface area contributed by atoms with Gasteiger partial charge in [-0.1, -0.05) is 20.8 Å². The van der Waals surface area contributed by atoms with E-state index in [2.05, 4.69) is 40.3 Å². The Morgan fingerprint density at radius 2 is 2.15 bits per heavy atom. The maximum atomic E-state index is 5.45. The molecule has 0 bridgehead atoms. The molecule has 2 aliphatic rings. The third-order valence-corrected chi connectivity index (χ3v) is 5.47. The van der Waals surface area contributed by atoms with Crippen LogP contribution in [0.4, 0.5) is 5.13 Å². The Morgan fingerprint density at radius 1 is 1.40 bits per heavy atom. The molecule has 6 heteroatoms. The predicted octanol–water partition coefficient (Wildman–Crippen LogP) is 2.01. The van der Waals surface area contributed by atoms with Gasteiger partial charge in [0, 0.05) is 48.5 Å². The maximum absolute atomic E-state index is 5.45. The first-order valence-electron chi connectivity index (χ1n) is 7.52. The quantitative estimate of drug-likeness (QED) is 0.921. The molecule has 1 aliphatic carbocycles. The lowest BCUT2D eigenvalue weighted by molar-refractivity contribution is -0.0635. The number of morpholine rings is 1. The summed E-state index contributed by atoms with van der Waals surface area (Å²) >= 11 is 1.48. The third kappa shape index (κ3) is 2.56. The van der Waals surface area contributed by atoms with Gasteiger partial charge in [-0.3, -0.25) is 4.90 Å². The largest absolute Gasteiger partial charge is 0.379 e. The van der Waals surface area contributed by atoms with E-state index in [4.69, 9.17) is 4.74 Å². The van der Waals surface area contributed by atoms with Gasteiger partial charge >= 0.3 is 0 Å². The van der Waals surface area contributed by atoms with Crippen LogP contribution in [0.25, 0.3) is 0 Å². The van der Waals surface area contributed by atoms with E-state index in [1.807, 2.05) is 0 Å². The van der Waals surface area contributed by atoms with Crippen molar-refractivity contribution in [3.05, 3.63) is 5.82 Å². The van der Waals surface area contributed by atoms with Crippen LogP contribution >= 0.6 is 11.5 Å². The highest BCUT2D eigenvalue weighted by atomic mass is 32.1. The normalized spacial score (nSPS) is 29.9.